The molecule has 0 aliphatic heterocycles. The summed E-state index contributed by atoms with van der Waals surface area (Å²) < 4.78 is 16.2. The lowest BCUT2D eigenvalue weighted by Gasteiger charge is -2.13. The van der Waals surface area contributed by atoms with Gasteiger partial charge in [-0.2, -0.15) is 5.10 Å². The largest absolute Gasteiger partial charge is 0.272 e. The summed E-state index contributed by atoms with van der Waals surface area (Å²) in [6, 6.07) is 12.2. The molecular formula is C26H22BrFN4O2S2. The zero-order valence-electron chi connectivity index (χ0n) is 19.4. The Morgan fingerprint density at radius 2 is 2.03 bits per heavy atom. The molecule has 0 unspecified atom stereocenters. The SMILES string of the molecule is Cc1ccc(-n2c(SCC(=O)N/N=C\c3cc(Br)ccc3F)nc3sc4c(c3c2=O)CCCC4)cc1. The molecule has 2 aromatic carbocycles. The third-order valence-corrected chi connectivity index (χ3v) is 8.55. The van der Waals surface area contributed by atoms with Gasteiger partial charge in [-0.1, -0.05) is 45.4 Å². The van der Waals surface area contributed by atoms with Crippen molar-refractivity contribution in [3.8, 4) is 5.69 Å². The molecule has 2 aromatic heterocycles. The molecule has 2 heterocycles. The number of halogens is 2. The molecule has 1 aliphatic carbocycles. The summed E-state index contributed by atoms with van der Waals surface area (Å²) in [6.45, 7) is 1.99. The topological polar surface area (TPSA) is 76.3 Å². The smallest absolute Gasteiger partial charge is 0.267 e. The Balaban J connectivity index is 1.43. The van der Waals surface area contributed by atoms with Crippen molar-refractivity contribution in [3.05, 3.63) is 84.7 Å². The van der Waals surface area contributed by atoms with Gasteiger partial charge in [-0.25, -0.2) is 14.8 Å². The van der Waals surface area contributed by atoms with Gasteiger partial charge in [-0.05, 0) is 68.5 Å². The summed E-state index contributed by atoms with van der Waals surface area (Å²) in [5.41, 5.74) is 5.49. The van der Waals surface area contributed by atoms with E-state index in [1.807, 2.05) is 31.2 Å². The number of hydrogen-bond donors (Lipinski definition) is 1. The lowest BCUT2D eigenvalue weighted by molar-refractivity contribution is -0.118. The number of hydrazone groups is 1. The highest BCUT2D eigenvalue weighted by Gasteiger charge is 2.23. The highest BCUT2D eigenvalue weighted by molar-refractivity contribution is 9.10. The number of thioether (sulfide) groups is 1. The summed E-state index contributed by atoms with van der Waals surface area (Å²) in [5.74, 6) is -0.835. The van der Waals surface area contributed by atoms with Crippen molar-refractivity contribution in [2.24, 2.45) is 5.10 Å². The monoisotopic (exact) mass is 584 g/mol. The molecule has 0 bridgehead atoms. The molecule has 0 saturated heterocycles. The van der Waals surface area contributed by atoms with E-state index in [2.05, 4.69) is 26.5 Å². The first-order chi connectivity index (χ1) is 17.4. The van der Waals surface area contributed by atoms with Crippen LogP contribution in [0.3, 0.4) is 0 Å². The minimum Gasteiger partial charge on any atom is -0.272 e. The second-order valence-corrected chi connectivity index (χ2v) is 11.5. The van der Waals surface area contributed by atoms with Crippen LogP contribution < -0.4 is 11.0 Å². The molecule has 1 aliphatic rings. The zero-order valence-corrected chi connectivity index (χ0v) is 22.6. The molecule has 10 heteroatoms. The molecule has 0 spiro atoms. The molecule has 6 nitrogen and oxygen atoms in total. The summed E-state index contributed by atoms with van der Waals surface area (Å²) in [4.78, 5) is 33.0. The minimum absolute atomic E-state index is 0.00674. The van der Waals surface area contributed by atoms with Crippen LogP contribution in [0.4, 0.5) is 4.39 Å². The quantitative estimate of drug-likeness (QED) is 0.135. The van der Waals surface area contributed by atoms with Gasteiger partial charge in [0.1, 0.15) is 10.6 Å². The maximum Gasteiger partial charge on any atom is 0.267 e. The fourth-order valence-corrected chi connectivity index (χ4v) is 6.64. The van der Waals surface area contributed by atoms with Crippen LogP contribution in [0.25, 0.3) is 15.9 Å². The van der Waals surface area contributed by atoms with Crippen LogP contribution >= 0.6 is 39.0 Å². The average molecular weight is 586 g/mol. The van der Waals surface area contributed by atoms with Crippen molar-refractivity contribution in [3.63, 3.8) is 0 Å². The minimum atomic E-state index is -0.441. The van der Waals surface area contributed by atoms with Crippen molar-refractivity contribution in [2.75, 3.05) is 5.75 Å². The van der Waals surface area contributed by atoms with Crippen LogP contribution in [-0.4, -0.2) is 27.4 Å². The van der Waals surface area contributed by atoms with Gasteiger partial charge < -0.3 is 0 Å². The third kappa shape index (κ3) is 5.16. The molecule has 184 valence electrons. The fourth-order valence-electron chi connectivity index (χ4n) is 4.15. The summed E-state index contributed by atoms with van der Waals surface area (Å²) >= 11 is 6.04. The number of rotatable bonds is 6. The normalized spacial score (nSPS) is 13.3. The fraction of sp³-hybridized carbons (Fsp3) is 0.231. The molecule has 0 saturated carbocycles. The number of nitrogens with zero attached hydrogens (tertiary/aromatic N) is 3. The number of aromatic nitrogens is 2. The molecular weight excluding hydrogens is 563 g/mol. The van der Waals surface area contributed by atoms with E-state index in [-0.39, 0.29) is 22.8 Å². The van der Waals surface area contributed by atoms with E-state index in [0.29, 0.717) is 20.7 Å². The Hall–Kier alpha value is -2.82. The molecule has 1 N–H and O–H groups in total. The van der Waals surface area contributed by atoms with E-state index in [1.165, 1.54) is 28.9 Å². The Morgan fingerprint density at radius 1 is 1.25 bits per heavy atom. The van der Waals surface area contributed by atoms with E-state index < -0.39 is 5.82 Å². The van der Waals surface area contributed by atoms with Crippen molar-refractivity contribution >= 4 is 61.4 Å². The van der Waals surface area contributed by atoms with Gasteiger partial charge in [0, 0.05) is 14.9 Å². The number of amides is 1. The van der Waals surface area contributed by atoms with Crippen LogP contribution in [0, 0.1) is 12.7 Å². The van der Waals surface area contributed by atoms with E-state index in [4.69, 9.17) is 4.98 Å². The average Bonchev–Trinajstić information content (AvgIpc) is 3.24. The molecule has 4 aromatic rings. The maximum absolute atomic E-state index is 13.9. The second-order valence-electron chi connectivity index (χ2n) is 8.51. The van der Waals surface area contributed by atoms with E-state index in [1.54, 1.807) is 28.0 Å². The van der Waals surface area contributed by atoms with Gasteiger partial charge in [-0.3, -0.25) is 14.2 Å². The van der Waals surface area contributed by atoms with Gasteiger partial charge >= 0.3 is 0 Å². The first-order valence-electron chi connectivity index (χ1n) is 11.4. The number of carbonyl (C=O) groups excluding carboxylic acids is 1. The first-order valence-corrected chi connectivity index (χ1v) is 14.0. The Morgan fingerprint density at radius 3 is 2.83 bits per heavy atom. The van der Waals surface area contributed by atoms with Crippen molar-refractivity contribution in [1.29, 1.82) is 0 Å². The van der Waals surface area contributed by atoms with Crippen molar-refractivity contribution < 1.29 is 9.18 Å². The summed E-state index contributed by atoms with van der Waals surface area (Å²) in [6.07, 6.45) is 5.32. The molecule has 0 radical (unpaired) electrons. The molecule has 0 fully saturated rings. The number of carbonyl (C=O) groups is 1. The number of nitrogens with one attached hydrogen (secondary N) is 1. The first kappa shape index (κ1) is 24.9. The Labute approximate surface area is 223 Å². The third-order valence-electron chi connectivity index (χ3n) is 5.93. The van der Waals surface area contributed by atoms with Crippen LogP contribution in [0.1, 0.15) is 34.4 Å². The number of fused-ring (bicyclic) bond motifs is 3. The highest BCUT2D eigenvalue weighted by Crippen LogP contribution is 2.35. The Kier molecular flexibility index (Phi) is 7.36. The maximum atomic E-state index is 13.9. The van der Waals surface area contributed by atoms with Gasteiger partial charge in [0.15, 0.2) is 5.16 Å². The van der Waals surface area contributed by atoms with Crippen LogP contribution in [0.15, 0.2) is 62.0 Å². The van der Waals surface area contributed by atoms with Gasteiger partial charge in [0.05, 0.1) is 23.0 Å². The predicted octanol–water partition coefficient (Wildman–Crippen LogP) is 5.78. The highest BCUT2D eigenvalue weighted by atomic mass is 79.9. The van der Waals surface area contributed by atoms with E-state index in [0.717, 1.165) is 41.6 Å². The second kappa shape index (κ2) is 10.7. The van der Waals surface area contributed by atoms with Crippen molar-refractivity contribution in [1.82, 2.24) is 15.0 Å². The number of hydrogen-bond acceptors (Lipinski definition) is 6. The molecule has 0 atom stereocenters. The van der Waals surface area contributed by atoms with Crippen LogP contribution in [-0.2, 0) is 17.6 Å². The molecule has 5 rings (SSSR count). The van der Waals surface area contributed by atoms with Gasteiger partial charge in [0.2, 0.25) is 0 Å². The summed E-state index contributed by atoms with van der Waals surface area (Å²) in [7, 11) is 0. The number of aryl methyl sites for hydroxylation is 3. The number of thiophene rings is 1. The predicted molar refractivity (Wildman–Crippen MR) is 147 cm³/mol. The van der Waals surface area contributed by atoms with Gasteiger partial charge in [0.25, 0.3) is 11.5 Å². The molecule has 36 heavy (non-hydrogen) atoms. The lowest BCUT2D eigenvalue weighted by Crippen LogP contribution is -2.24. The van der Waals surface area contributed by atoms with E-state index >= 15 is 0 Å². The number of benzene rings is 2. The zero-order chi connectivity index (χ0) is 25.2. The van der Waals surface area contributed by atoms with E-state index in [9.17, 15) is 14.0 Å². The van der Waals surface area contributed by atoms with Crippen LogP contribution in [0.2, 0.25) is 0 Å². The summed E-state index contributed by atoms with van der Waals surface area (Å²) in [5, 5.41) is 5.02. The standard InChI is InChI=1S/C26H22BrFN4O2S2/c1-15-6-9-18(10-7-15)32-25(34)23-19-4-2-3-5-21(19)36-24(23)30-26(32)35-14-22(33)31-29-13-16-12-17(27)8-11-20(16)28/h6-13H,2-5,14H2,1H3,(H,31,33)/b29-13-. The van der Waals surface area contributed by atoms with Crippen LogP contribution in [0.5, 0.6) is 0 Å². The Bertz CT molecular complexity index is 1550. The van der Waals surface area contributed by atoms with Crippen molar-refractivity contribution in [2.45, 2.75) is 37.8 Å². The van der Waals surface area contributed by atoms with Gasteiger partial charge in [-0.15, -0.1) is 11.3 Å². The molecule has 1 amide bonds. The lowest BCUT2D eigenvalue weighted by atomic mass is 9.97.